The number of amides is 3. The second-order valence-corrected chi connectivity index (χ2v) is 18.1. The quantitative estimate of drug-likeness (QED) is 0.0415. The third-order valence-electron chi connectivity index (χ3n) is 7.44. The van der Waals surface area contributed by atoms with Gasteiger partial charge in [0.15, 0.2) is 0 Å². The number of thioether (sulfide) groups is 1. The minimum absolute atomic E-state index is 0.0533. The fraction of sp³-hybridized carbons (Fsp3) is 0.893. The number of carbonyl (C=O) groups is 3. The molecule has 8 nitrogen and oxygen atoms in total. The molecule has 2 fully saturated rings. The summed E-state index contributed by atoms with van der Waals surface area (Å²) in [5.41, 5.74) is 0. The molecule has 0 spiro atoms. The zero-order valence-corrected chi connectivity index (χ0v) is 29.2. The zero-order valence-electron chi connectivity index (χ0n) is 24.0. The first kappa shape index (κ1) is 36.1. The number of rotatable bonds is 24. The van der Waals surface area contributed by atoms with Gasteiger partial charge >= 0.3 is 147 Å². The van der Waals surface area contributed by atoms with E-state index in [2.05, 4.69) is 38.5 Å². The average molecular weight is 814 g/mol. The van der Waals surface area contributed by atoms with Gasteiger partial charge in [-0.25, -0.2) is 4.79 Å². The number of hydrogen-bond donors (Lipinski definition) is 3. The van der Waals surface area contributed by atoms with Crippen molar-refractivity contribution in [1.82, 2.24) is 16.0 Å². The monoisotopic (exact) mass is 813 g/mol. The molecule has 0 radical (unpaired) electrons. The first-order chi connectivity index (χ1) is 19.2. The summed E-state index contributed by atoms with van der Waals surface area (Å²) in [6.07, 6.45) is 14.6. The van der Waals surface area contributed by atoms with Crippen LogP contribution in [0.2, 0.25) is 0 Å². The van der Waals surface area contributed by atoms with Gasteiger partial charge in [-0.2, -0.15) is 11.8 Å². The first-order valence-corrected chi connectivity index (χ1v) is 21.5. The minimum Gasteiger partial charge on any atom is -0.356 e. The van der Waals surface area contributed by atoms with Crippen molar-refractivity contribution in [2.45, 2.75) is 131 Å². The molecule has 2 heterocycles. The fourth-order valence-electron chi connectivity index (χ4n) is 5.19. The number of unbranched alkanes of at least 4 members (excludes halogenated alkanes) is 9. The molecule has 12 heteroatoms. The molecule has 2 saturated heterocycles. The van der Waals surface area contributed by atoms with E-state index in [9.17, 15) is 20.3 Å². The number of carbonyl (C=O) groups excluding carboxylic acids is 3. The summed E-state index contributed by atoms with van der Waals surface area (Å²) < 4.78 is 29.9. The summed E-state index contributed by atoms with van der Waals surface area (Å²) in [5, 5.41) is 9.44. The van der Waals surface area contributed by atoms with Gasteiger partial charge in [0.05, 0.1) is 12.1 Å². The standard InChI is InChI=1S/C28H50FI2N3O5S/c1-2-39-31(29,38)19-13-7-5-3-4-6-10-16-24(35)22(30)15-9-8-14-20-32-26(36)18-12-11-17-25-27-23(21-40-25)33-28(37)34-27/h22-23,25,27H,2-21H2,1H3,(H,32,36)(H2,33,34,37). The van der Waals surface area contributed by atoms with Crippen molar-refractivity contribution in [3.05, 3.63) is 0 Å². The number of urea groups is 1. The summed E-state index contributed by atoms with van der Waals surface area (Å²) >= 11 is -0.396. The van der Waals surface area contributed by atoms with Crippen LogP contribution in [-0.4, -0.2) is 62.3 Å². The van der Waals surface area contributed by atoms with Crippen molar-refractivity contribution in [1.29, 1.82) is 0 Å². The summed E-state index contributed by atoms with van der Waals surface area (Å²) in [7, 11) is 0. The predicted molar refractivity (Wildman–Crippen MR) is 177 cm³/mol. The van der Waals surface area contributed by atoms with Crippen LogP contribution in [0.25, 0.3) is 0 Å². The van der Waals surface area contributed by atoms with E-state index in [0.717, 1.165) is 89.2 Å². The molecular weight excluding hydrogens is 763 g/mol. The van der Waals surface area contributed by atoms with E-state index in [-0.39, 0.29) is 39.0 Å². The molecule has 234 valence electrons. The van der Waals surface area contributed by atoms with Gasteiger partial charge < -0.3 is 16.0 Å². The van der Waals surface area contributed by atoms with E-state index in [1.165, 1.54) is 0 Å². The Kier molecular flexibility index (Phi) is 18.7. The van der Waals surface area contributed by atoms with Crippen molar-refractivity contribution < 1.29 is 23.4 Å². The number of alkyl halides is 2. The topological polar surface area (TPSA) is 114 Å². The number of nitrogens with one attached hydrogen (secondary N) is 3. The Bertz CT molecular complexity index is 825. The Morgan fingerprint density at radius 1 is 1.02 bits per heavy atom. The molecule has 0 saturated carbocycles. The summed E-state index contributed by atoms with van der Waals surface area (Å²) in [5.74, 6) is 1.42. The van der Waals surface area contributed by atoms with Gasteiger partial charge in [0, 0.05) is 24.0 Å². The van der Waals surface area contributed by atoms with Crippen LogP contribution < -0.4 is 16.0 Å². The van der Waals surface area contributed by atoms with Crippen molar-refractivity contribution in [3.63, 3.8) is 0 Å². The van der Waals surface area contributed by atoms with E-state index >= 15 is 0 Å². The van der Waals surface area contributed by atoms with Gasteiger partial charge in [-0.1, -0.05) is 19.3 Å². The molecule has 2 aliphatic heterocycles. The molecule has 2 rings (SSSR count). The van der Waals surface area contributed by atoms with E-state index in [1.54, 1.807) is 6.92 Å². The Hall–Kier alpha value is -0.0900. The van der Waals surface area contributed by atoms with E-state index in [4.69, 9.17) is 3.07 Å². The summed E-state index contributed by atoms with van der Waals surface area (Å²) in [6.45, 7) is 2.54. The number of halogens is 3. The van der Waals surface area contributed by atoms with Gasteiger partial charge in [0.25, 0.3) is 0 Å². The van der Waals surface area contributed by atoms with Crippen LogP contribution in [0, 0.1) is 0 Å². The van der Waals surface area contributed by atoms with Gasteiger partial charge in [-0.3, -0.25) is 4.79 Å². The minimum atomic E-state index is -4.58. The molecule has 0 bridgehead atoms. The molecule has 2 aliphatic rings. The number of Topliss-reactive ketones (excluding diaryl/α,β-unsaturated/α-hetero) is 1. The molecule has 0 aromatic carbocycles. The average Bonchev–Trinajstić information content (AvgIpc) is 3.46. The third-order valence-corrected chi connectivity index (χ3v) is 13.9. The second-order valence-electron chi connectivity index (χ2n) is 10.8. The third kappa shape index (κ3) is 15.4. The Labute approximate surface area is 263 Å². The molecule has 3 N–H and O–H groups in total. The number of ketones is 1. The van der Waals surface area contributed by atoms with E-state index < -0.39 is 19.4 Å². The molecule has 0 aromatic rings. The zero-order chi connectivity index (χ0) is 29.2. The Morgan fingerprint density at radius 2 is 1.70 bits per heavy atom. The van der Waals surface area contributed by atoms with Gasteiger partial charge in [-0.15, -0.1) is 0 Å². The van der Waals surface area contributed by atoms with Crippen LogP contribution in [-0.2, 0) is 15.7 Å². The van der Waals surface area contributed by atoms with Crippen LogP contribution in [0.1, 0.15) is 110 Å². The molecule has 0 aromatic heterocycles. The summed E-state index contributed by atoms with van der Waals surface area (Å²) in [6, 6.07) is 0.436. The molecule has 40 heavy (non-hydrogen) atoms. The SMILES string of the molecule is CCOI(=O)(F)CCCCCCCCCC(=O)C(I)CCCCCNC(=O)CCCCC1SCC2NC(=O)NC21. The normalized spacial score (nSPS) is 23.1. The maximum atomic E-state index is 13.5. The number of hydrogen-bond acceptors (Lipinski definition) is 6. The Balaban J connectivity index is 1.34. The Morgan fingerprint density at radius 3 is 2.45 bits per heavy atom. The van der Waals surface area contributed by atoms with Crippen molar-refractivity contribution >= 4 is 71.5 Å². The molecule has 5 atom stereocenters. The smallest absolute Gasteiger partial charge is 0.356 e. The van der Waals surface area contributed by atoms with Crippen LogP contribution in [0.5, 0.6) is 0 Å². The summed E-state index contributed by atoms with van der Waals surface area (Å²) in [4.78, 5) is 36.0. The maximum absolute atomic E-state index is 13.5. The molecule has 3 amide bonds. The predicted octanol–water partition coefficient (Wildman–Crippen LogP) is 7.11. The van der Waals surface area contributed by atoms with Gasteiger partial charge in [0.1, 0.15) is 0 Å². The number of fused-ring (bicyclic) bond motifs is 1. The second kappa shape index (κ2) is 20.8. The molecule has 0 aliphatic carbocycles. The van der Waals surface area contributed by atoms with Crippen LogP contribution in [0.3, 0.4) is 0 Å². The van der Waals surface area contributed by atoms with Crippen molar-refractivity contribution in [2.75, 3.05) is 23.3 Å². The van der Waals surface area contributed by atoms with Crippen molar-refractivity contribution in [2.24, 2.45) is 0 Å². The first-order valence-electron chi connectivity index (χ1n) is 15.1. The fourth-order valence-corrected chi connectivity index (χ4v) is 10.2. The molecular formula is C28H50FI2N3O5S. The van der Waals surface area contributed by atoms with Crippen LogP contribution in [0.4, 0.5) is 7.65 Å². The molecule has 5 unspecified atom stereocenters. The van der Waals surface area contributed by atoms with Crippen LogP contribution >= 0.6 is 53.8 Å². The van der Waals surface area contributed by atoms with Gasteiger partial charge in [0.2, 0.25) is 5.91 Å². The van der Waals surface area contributed by atoms with E-state index in [0.29, 0.717) is 36.8 Å². The van der Waals surface area contributed by atoms with E-state index in [1.807, 2.05) is 11.8 Å². The van der Waals surface area contributed by atoms with Crippen molar-refractivity contribution in [3.8, 4) is 0 Å². The van der Waals surface area contributed by atoms with Gasteiger partial charge in [-0.05, 0) is 19.3 Å². The van der Waals surface area contributed by atoms with Crippen LogP contribution in [0.15, 0.2) is 0 Å².